The number of allylic oxidation sites excluding steroid dienone is 3. The first kappa shape index (κ1) is 30.3. The van der Waals surface area contributed by atoms with E-state index >= 15 is 0 Å². The monoisotopic (exact) mass is 602 g/mol. The number of carbonyl (C=O) groups excluding carboxylic acids is 1. The van der Waals surface area contributed by atoms with E-state index in [2.05, 4.69) is 11.6 Å². The largest absolute Gasteiger partial charge is 0.490 e. The van der Waals surface area contributed by atoms with Crippen molar-refractivity contribution in [2.45, 2.75) is 44.1 Å². The molecule has 1 N–H and O–H groups in total. The Labute approximate surface area is 241 Å². The Kier molecular flexibility index (Phi) is 9.87. The summed E-state index contributed by atoms with van der Waals surface area (Å²) in [5, 5.41) is 0. The maximum absolute atomic E-state index is 11.9. The Balaban J connectivity index is 1.28. The number of hydrogen-bond acceptors (Lipinski definition) is 9. The highest BCUT2D eigenvalue weighted by molar-refractivity contribution is 7.90. The molecule has 2 aliphatic rings. The number of carbonyl (C=O) groups is 1. The second kappa shape index (κ2) is 13.3. The van der Waals surface area contributed by atoms with Gasteiger partial charge in [0, 0.05) is 31.1 Å². The van der Waals surface area contributed by atoms with E-state index < -0.39 is 25.8 Å². The van der Waals surface area contributed by atoms with Gasteiger partial charge in [0.15, 0.2) is 0 Å². The lowest BCUT2D eigenvalue weighted by Crippen LogP contribution is -2.40. The molecule has 0 saturated carbocycles. The predicted molar refractivity (Wildman–Crippen MR) is 155 cm³/mol. The van der Waals surface area contributed by atoms with E-state index in [9.17, 15) is 21.6 Å². The normalized spacial score (nSPS) is 21.8. The van der Waals surface area contributed by atoms with Crippen LogP contribution in [0.15, 0.2) is 78.7 Å². The van der Waals surface area contributed by atoms with Crippen LogP contribution >= 0.6 is 0 Å². The molecule has 10 nitrogen and oxygen atoms in total. The van der Waals surface area contributed by atoms with Crippen molar-refractivity contribution >= 4 is 25.8 Å². The molecule has 1 aromatic carbocycles. The highest BCUT2D eigenvalue weighted by atomic mass is 32.2. The van der Waals surface area contributed by atoms with Crippen molar-refractivity contribution in [3.05, 3.63) is 84.3 Å². The summed E-state index contributed by atoms with van der Waals surface area (Å²) in [5.41, 5.74) is 1.59. The Morgan fingerprint density at radius 1 is 1.12 bits per heavy atom. The molecule has 1 aliphatic carbocycles. The molecule has 4 rings (SSSR count). The third kappa shape index (κ3) is 9.75. The maximum atomic E-state index is 11.9. The molecule has 1 amide bonds. The number of nitrogens with one attached hydrogen (secondary N) is 1. The number of rotatable bonds is 10. The fourth-order valence-corrected chi connectivity index (χ4v) is 6.46. The summed E-state index contributed by atoms with van der Waals surface area (Å²) in [6, 6.07) is 10.6. The highest BCUT2D eigenvalue weighted by Gasteiger charge is 2.30. The first-order valence-electron chi connectivity index (χ1n) is 13.2. The summed E-state index contributed by atoms with van der Waals surface area (Å²) in [6.45, 7) is 4.44. The minimum atomic E-state index is -3.60. The molecule has 0 bridgehead atoms. The number of sulfone groups is 1. The highest BCUT2D eigenvalue weighted by Crippen LogP contribution is 2.29. The van der Waals surface area contributed by atoms with Crippen molar-refractivity contribution in [3.63, 3.8) is 0 Å². The van der Waals surface area contributed by atoms with Crippen LogP contribution in [-0.4, -0.2) is 58.2 Å². The lowest BCUT2D eigenvalue weighted by atomic mass is 9.97. The third-order valence-electron chi connectivity index (χ3n) is 6.52. The molecule has 1 fully saturated rings. The molecule has 2 aromatic rings. The molecule has 1 saturated heterocycles. The number of ether oxygens (including phenoxy) is 3. The van der Waals surface area contributed by atoms with E-state index in [0.29, 0.717) is 48.8 Å². The van der Waals surface area contributed by atoms with Crippen LogP contribution in [-0.2, 0) is 24.7 Å². The molecule has 41 heavy (non-hydrogen) atoms. The van der Waals surface area contributed by atoms with Crippen LogP contribution in [0.3, 0.4) is 0 Å². The van der Waals surface area contributed by atoms with Gasteiger partial charge in [-0.15, -0.1) is 0 Å². The first-order valence-corrected chi connectivity index (χ1v) is 17.0. The van der Waals surface area contributed by atoms with Crippen LogP contribution in [0.1, 0.15) is 43.6 Å². The Morgan fingerprint density at radius 3 is 2.56 bits per heavy atom. The van der Waals surface area contributed by atoms with Gasteiger partial charge in [-0.05, 0) is 54.7 Å². The molecular weight excluding hydrogens is 568 g/mol. The van der Waals surface area contributed by atoms with Gasteiger partial charge in [0.25, 0.3) is 0 Å². The van der Waals surface area contributed by atoms with Crippen LogP contribution < -0.4 is 18.9 Å². The second-order valence-electron chi connectivity index (χ2n) is 10.1. The molecule has 2 atom stereocenters. The molecule has 0 spiro atoms. The van der Waals surface area contributed by atoms with Crippen molar-refractivity contribution < 1.29 is 35.8 Å². The molecule has 2 heterocycles. The fourth-order valence-electron chi connectivity index (χ4n) is 4.46. The van der Waals surface area contributed by atoms with Gasteiger partial charge in [-0.1, -0.05) is 30.9 Å². The zero-order valence-electron chi connectivity index (χ0n) is 22.8. The second-order valence-corrected chi connectivity index (χ2v) is 14.1. The van der Waals surface area contributed by atoms with Gasteiger partial charge in [0.1, 0.15) is 33.2 Å². The quantitative estimate of drug-likeness (QED) is 0.402. The van der Waals surface area contributed by atoms with E-state index in [1.807, 2.05) is 35.1 Å². The van der Waals surface area contributed by atoms with Crippen molar-refractivity contribution in [2.75, 3.05) is 24.4 Å². The molecule has 0 radical (unpaired) electrons. The zero-order chi connectivity index (χ0) is 29.5. The summed E-state index contributed by atoms with van der Waals surface area (Å²) in [6.07, 6.45) is 10.9. The van der Waals surface area contributed by atoms with Crippen molar-refractivity contribution in [3.8, 4) is 17.4 Å². The predicted octanol–water partition coefficient (Wildman–Crippen LogP) is 3.84. The molecule has 12 heteroatoms. The summed E-state index contributed by atoms with van der Waals surface area (Å²) in [4.78, 5) is 16.0. The van der Waals surface area contributed by atoms with Gasteiger partial charge in [-0.2, -0.15) is 0 Å². The average molecular weight is 603 g/mol. The minimum Gasteiger partial charge on any atom is -0.490 e. The molecule has 1 unspecified atom stereocenters. The van der Waals surface area contributed by atoms with Crippen LogP contribution in [0, 0.1) is 0 Å². The average Bonchev–Trinajstić information content (AvgIpc) is 2.98. The lowest BCUT2D eigenvalue weighted by Gasteiger charge is -2.23. The van der Waals surface area contributed by atoms with Gasteiger partial charge >= 0.3 is 0 Å². The summed E-state index contributed by atoms with van der Waals surface area (Å²) < 4.78 is 66.0. The fraction of sp³-hybridized carbons (Fsp3) is 0.379. The van der Waals surface area contributed by atoms with Gasteiger partial charge in [0.05, 0.1) is 24.3 Å². The number of pyridine rings is 1. The standard InChI is InChI=1S/C29H34N2O8S2/c1-21-8-11-24(38-25-12-9-22(10-13-25)23-18-28(32)31-41(35,36)20-23)6-3-4-7-27(21)39-26-14-15-29(30-19-26)37-16-5-17-40(2,33)34/h3-4,7,9-10,12-15,19,23-24H,1,5-6,8,11,16-18,20H2,2H3,(H,31,32)/b4-3-,27-7?/t23?,24-/m0/s1. The summed E-state index contributed by atoms with van der Waals surface area (Å²) in [5.74, 6) is 1.25. The zero-order valence-corrected chi connectivity index (χ0v) is 24.5. The van der Waals surface area contributed by atoms with E-state index in [-0.39, 0.29) is 36.6 Å². The lowest BCUT2D eigenvalue weighted by molar-refractivity contribution is -0.119. The Hall–Kier alpha value is -3.64. The van der Waals surface area contributed by atoms with Crippen LogP contribution in [0.4, 0.5) is 0 Å². The number of amides is 1. The van der Waals surface area contributed by atoms with Gasteiger partial charge in [0.2, 0.25) is 21.8 Å². The maximum Gasteiger partial charge on any atom is 0.235 e. The van der Waals surface area contributed by atoms with E-state index in [0.717, 1.165) is 11.1 Å². The number of sulfonamides is 1. The van der Waals surface area contributed by atoms with Gasteiger partial charge < -0.3 is 14.2 Å². The minimum absolute atomic E-state index is 0.0616. The van der Waals surface area contributed by atoms with E-state index in [4.69, 9.17) is 14.2 Å². The van der Waals surface area contributed by atoms with Gasteiger partial charge in [-0.3, -0.25) is 9.52 Å². The van der Waals surface area contributed by atoms with E-state index in [1.54, 1.807) is 30.5 Å². The summed E-state index contributed by atoms with van der Waals surface area (Å²) >= 11 is 0. The Morgan fingerprint density at radius 2 is 1.88 bits per heavy atom. The number of benzene rings is 1. The van der Waals surface area contributed by atoms with Crippen LogP contribution in [0.5, 0.6) is 17.4 Å². The third-order valence-corrected chi connectivity index (χ3v) is 8.93. The SMILES string of the molecule is C=C1CC[C@@H](Oc2ccc(C3CC(=O)NS(=O)(=O)C3)cc2)C/C=C\C=C1Oc1ccc(OCCCS(C)(=O)=O)nc1. The molecule has 1 aromatic heterocycles. The molecule has 1 aliphatic heterocycles. The topological polar surface area (TPSA) is 138 Å². The molecule has 220 valence electrons. The number of aromatic nitrogens is 1. The van der Waals surface area contributed by atoms with Gasteiger partial charge in [-0.25, -0.2) is 21.8 Å². The smallest absolute Gasteiger partial charge is 0.235 e. The van der Waals surface area contributed by atoms with Crippen molar-refractivity contribution in [1.29, 1.82) is 0 Å². The molecular formula is C29H34N2O8S2. The first-order chi connectivity index (χ1) is 19.5. The van der Waals surface area contributed by atoms with Crippen molar-refractivity contribution in [1.82, 2.24) is 9.71 Å². The van der Waals surface area contributed by atoms with Crippen LogP contribution in [0.2, 0.25) is 0 Å². The number of nitrogens with zero attached hydrogens (tertiary/aromatic N) is 1. The van der Waals surface area contributed by atoms with E-state index in [1.165, 1.54) is 6.26 Å². The summed E-state index contributed by atoms with van der Waals surface area (Å²) in [7, 11) is -6.62. The Bertz CT molecular complexity index is 1510. The van der Waals surface area contributed by atoms with Crippen molar-refractivity contribution in [2.24, 2.45) is 0 Å². The van der Waals surface area contributed by atoms with Crippen LogP contribution in [0.25, 0.3) is 0 Å². The number of hydrogen-bond donors (Lipinski definition) is 1.